The van der Waals surface area contributed by atoms with E-state index in [-0.39, 0.29) is 11.7 Å². The third kappa shape index (κ3) is 4.20. The van der Waals surface area contributed by atoms with E-state index in [1.54, 1.807) is 30.3 Å². The summed E-state index contributed by atoms with van der Waals surface area (Å²) in [5.41, 5.74) is 0.923. The largest absolute Gasteiger partial charge is 0.482 e. The minimum absolute atomic E-state index is 0.0767. The van der Waals surface area contributed by atoms with Gasteiger partial charge in [-0.25, -0.2) is 9.18 Å². The van der Waals surface area contributed by atoms with Crippen LogP contribution in [0, 0.1) is 11.2 Å². The average molecular weight is 357 g/mol. The van der Waals surface area contributed by atoms with Gasteiger partial charge in [-0.3, -0.25) is 4.79 Å². The fraction of sp³-hybridized carbons (Fsp3) is 0.300. The van der Waals surface area contributed by atoms with E-state index in [2.05, 4.69) is 5.32 Å². The zero-order chi connectivity index (χ0) is 18.6. The maximum absolute atomic E-state index is 13.4. The molecule has 0 aromatic heterocycles. The molecule has 0 atom stereocenters. The summed E-state index contributed by atoms with van der Waals surface area (Å²) < 4.78 is 18.5. The highest BCUT2D eigenvalue weighted by Crippen LogP contribution is 2.44. The predicted molar refractivity (Wildman–Crippen MR) is 94.6 cm³/mol. The predicted octanol–water partition coefficient (Wildman–Crippen LogP) is 3.64. The molecule has 2 aromatic carbocycles. The number of hydrogen-bond acceptors (Lipinski definition) is 3. The molecule has 1 aliphatic carbocycles. The van der Waals surface area contributed by atoms with Crippen LogP contribution in [-0.4, -0.2) is 23.6 Å². The molecular weight excluding hydrogens is 337 g/mol. The van der Waals surface area contributed by atoms with Crippen LogP contribution in [0.2, 0.25) is 0 Å². The first kappa shape index (κ1) is 17.9. The van der Waals surface area contributed by atoms with Crippen molar-refractivity contribution in [3.63, 3.8) is 0 Å². The van der Waals surface area contributed by atoms with Crippen molar-refractivity contribution in [2.75, 3.05) is 11.9 Å². The van der Waals surface area contributed by atoms with Gasteiger partial charge in [0, 0.05) is 5.69 Å². The first-order valence-corrected chi connectivity index (χ1v) is 8.47. The van der Waals surface area contributed by atoms with E-state index in [9.17, 15) is 14.0 Å². The van der Waals surface area contributed by atoms with Crippen molar-refractivity contribution in [2.45, 2.75) is 25.7 Å². The molecule has 136 valence electrons. The van der Waals surface area contributed by atoms with Gasteiger partial charge in [0.1, 0.15) is 11.6 Å². The summed E-state index contributed by atoms with van der Waals surface area (Å²) in [6, 6.07) is 12.9. The van der Waals surface area contributed by atoms with Crippen LogP contribution in [0.5, 0.6) is 5.75 Å². The highest BCUT2D eigenvalue weighted by Gasteiger charge is 2.44. The number of carboxylic acid groups (broad SMARTS) is 1. The van der Waals surface area contributed by atoms with Gasteiger partial charge in [0.2, 0.25) is 5.91 Å². The van der Waals surface area contributed by atoms with Gasteiger partial charge in [0.15, 0.2) is 6.61 Å². The molecule has 1 fully saturated rings. The Balaban J connectivity index is 1.65. The summed E-state index contributed by atoms with van der Waals surface area (Å²) in [6.45, 7) is -0.414. The number of amides is 1. The molecule has 0 aliphatic heterocycles. The number of carbonyl (C=O) groups excluding carboxylic acids is 1. The molecule has 26 heavy (non-hydrogen) atoms. The number of rotatable bonds is 7. The smallest absolute Gasteiger partial charge is 0.341 e. The SMILES string of the molecule is O=C(O)COc1ccc(NC(=O)C2(Cc3cccc(F)c3)CCC2)cc1. The summed E-state index contributed by atoms with van der Waals surface area (Å²) in [5.74, 6) is -1.00. The van der Waals surface area contributed by atoms with Crippen molar-refractivity contribution >= 4 is 17.6 Å². The molecule has 0 unspecified atom stereocenters. The molecule has 1 aliphatic rings. The van der Waals surface area contributed by atoms with Crippen molar-refractivity contribution in [3.8, 4) is 5.75 Å². The van der Waals surface area contributed by atoms with E-state index < -0.39 is 18.0 Å². The number of hydrogen-bond donors (Lipinski definition) is 2. The number of anilines is 1. The Morgan fingerprint density at radius 3 is 2.46 bits per heavy atom. The zero-order valence-electron chi connectivity index (χ0n) is 14.2. The molecule has 1 saturated carbocycles. The van der Waals surface area contributed by atoms with E-state index in [1.807, 2.05) is 6.07 Å². The molecule has 0 bridgehead atoms. The maximum atomic E-state index is 13.4. The van der Waals surface area contributed by atoms with Crippen LogP contribution in [0.3, 0.4) is 0 Å². The van der Waals surface area contributed by atoms with Crippen LogP contribution >= 0.6 is 0 Å². The topological polar surface area (TPSA) is 75.6 Å². The number of nitrogens with one attached hydrogen (secondary N) is 1. The van der Waals surface area contributed by atoms with Crippen molar-refractivity contribution in [1.82, 2.24) is 0 Å². The minimum atomic E-state index is -1.05. The van der Waals surface area contributed by atoms with Gasteiger partial charge in [-0.15, -0.1) is 0 Å². The fourth-order valence-corrected chi connectivity index (χ4v) is 3.17. The van der Waals surface area contributed by atoms with Gasteiger partial charge in [-0.1, -0.05) is 18.6 Å². The normalized spacial score (nSPS) is 15.0. The highest BCUT2D eigenvalue weighted by atomic mass is 19.1. The van der Waals surface area contributed by atoms with Gasteiger partial charge < -0.3 is 15.2 Å². The quantitative estimate of drug-likeness (QED) is 0.793. The Morgan fingerprint density at radius 1 is 1.15 bits per heavy atom. The average Bonchev–Trinajstić information content (AvgIpc) is 2.57. The summed E-state index contributed by atoms with van der Waals surface area (Å²) >= 11 is 0. The molecule has 0 saturated heterocycles. The molecule has 2 aromatic rings. The Kier molecular flexibility index (Phi) is 5.21. The Labute approximate surface area is 150 Å². The lowest BCUT2D eigenvalue weighted by atomic mass is 9.64. The lowest BCUT2D eigenvalue weighted by Crippen LogP contribution is -2.43. The third-order valence-electron chi connectivity index (χ3n) is 4.70. The van der Waals surface area contributed by atoms with E-state index in [4.69, 9.17) is 9.84 Å². The molecule has 5 nitrogen and oxygen atoms in total. The first-order valence-electron chi connectivity index (χ1n) is 8.47. The Morgan fingerprint density at radius 2 is 1.88 bits per heavy atom. The Bertz CT molecular complexity index is 800. The van der Waals surface area contributed by atoms with Crippen LogP contribution in [0.1, 0.15) is 24.8 Å². The zero-order valence-corrected chi connectivity index (χ0v) is 14.2. The van der Waals surface area contributed by atoms with Crippen molar-refractivity contribution in [3.05, 3.63) is 59.9 Å². The third-order valence-corrected chi connectivity index (χ3v) is 4.70. The van der Waals surface area contributed by atoms with Crippen molar-refractivity contribution in [1.29, 1.82) is 0 Å². The van der Waals surface area contributed by atoms with E-state index >= 15 is 0 Å². The molecule has 0 heterocycles. The summed E-state index contributed by atoms with van der Waals surface area (Å²) in [7, 11) is 0. The van der Waals surface area contributed by atoms with Gasteiger partial charge in [0.05, 0.1) is 5.41 Å². The van der Waals surface area contributed by atoms with Crippen LogP contribution in [-0.2, 0) is 16.0 Å². The summed E-state index contributed by atoms with van der Waals surface area (Å²) in [6.07, 6.45) is 3.03. The standard InChI is InChI=1S/C20H20FNO4/c21-15-4-1-3-14(11-15)12-20(9-2-10-20)19(25)22-16-5-7-17(8-6-16)26-13-18(23)24/h1,3-8,11H,2,9-10,12-13H2,(H,22,25)(H,23,24). The second-order valence-corrected chi connectivity index (χ2v) is 6.60. The minimum Gasteiger partial charge on any atom is -0.482 e. The van der Waals surface area contributed by atoms with Gasteiger partial charge in [-0.2, -0.15) is 0 Å². The van der Waals surface area contributed by atoms with Crippen molar-refractivity contribution < 1.29 is 23.8 Å². The molecule has 1 amide bonds. The van der Waals surface area contributed by atoms with Crippen LogP contribution in [0.4, 0.5) is 10.1 Å². The number of benzene rings is 2. The van der Waals surface area contributed by atoms with Gasteiger partial charge in [0.25, 0.3) is 0 Å². The molecule has 0 radical (unpaired) electrons. The lowest BCUT2D eigenvalue weighted by Gasteiger charge is -2.40. The van der Waals surface area contributed by atoms with Crippen LogP contribution < -0.4 is 10.1 Å². The molecule has 0 spiro atoms. The van der Waals surface area contributed by atoms with E-state index in [1.165, 1.54) is 12.1 Å². The lowest BCUT2D eigenvalue weighted by molar-refractivity contribution is -0.139. The molecule has 6 heteroatoms. The van der Waals surface area contributed by atoms with Gasteiger partial charge in [-0.05, 0) is 61.2 Å². The summed E-state index contributed by atoms with van der Waals surface area (Å²) in [5, 5.41) is 11.5. The van der Waals surface area contributed by atoms with Crippen LogP contribution in [0.15, 0.2) is 48.5 Å². The molecule has 3 rings (SSSR count). The number of halogens is 1. The van der Waals surface area contributed by atoms with E-state index in [0.29, 0.717) is 17.9 Å². The number of aliphatic carboxylic acids is 1. The molecule has 2 N–H and O–H groups in total. The van der Waals surface area contributed by atoms with Crippen LogP contribution in [0.25, 0.3) is 0 Å². The van der Waals surface area contributed by atoms with E-state index in [0.717, 1.165) is 24.8 Å². The monoisotopic (exact) mass is 357 g/mol. The second kappa shape index (κ2) is 7.56. The van der Waals surface area contributed by atoms with Crippen molar-refractivity contribution in [2.24, 2.45) is 5.41 Å². The Hall–Kier alpha value is -2.89. The summed E-state index contributed by atoms with van der Waals surface area (Å²) in [4.78, 5) is 23.3. The highest BCUT2D eigenvalue weighted by molar-refractivity contribution is 5.96. The fourth-order valence-electron chi connectivity index (χ4n) is 3.17. The number of carboxylic acids is 1. The number of ether oxygens (including phenoxy) is 1. The molecular formula is C20H20FNO4. The number of carbonyl (C=O) groups is 2. The maximum Gasteiger partial charge on any atom is 0.341 e. The second-order valence-electron chi connectivity index (χ2n) is 6.60. The first-order chi connectivity index (χ1) is 12.5. The van der Waals surface area contributed by atoms with Gasteiger partial charge >= 0.3 is 5.97 Å².